The smallest absolute Gasteiger partial charge is 0.235 e. The van der Waals surface area contributed by atoms with Gasteiger partial charge in [0.15, 0.2) is 0 Å². The number of halogens is 3. The van der Waals surface area contributed by atoms with Crippen LogP contribution in [0.15, 0.2) is 16.6 Å². The fourth-order valence-corrected chi connectivity index (χ4v) is 4.91. The molecule has 8 heteroatoms. The molecule has 0 atom stereocenters. The van der Waals surface area contributed by atoms with Crippen LogP contribution in [0.5, 0.6) is 0 Å². The lowest BCUT2D eigenvalue weighted by atomic mass is 10.2. The Labute approximate surface area is 131 Å². The lowest BCUT2D eigenvalue weighted by Gasteiger charge is -2.23. The van der Waals surface area contributed by atoms with Gasteiger partial charge in [-0.2, -0.15) is 0 Å². The minimum Gasteiger partial charge on any atom is -0.317 e. The molecule has 2 N–H and O–H groups in total. The number of anilines is 1. The van der Waals surface area contributed by atoms with Gasteiger partial charge < -0.3 is 5.32 Å². The quantitative estimate of drug-likeness (QED) is 0.836. The van der Waals surface area contributed by atoms with Crippen molar-refractivity contribution in [1.82, 2.24) is 5.32 Å². The highest BCUT2D eigenvalue weighted by Crippen LogP contribution is 2.35. The number of hydrogen-bond acceptors (Lipinski definition) is 3. The molecule has 19 heavy (non-hydrogen) atoms. The Balaban J connectivity index is 2.25. The normalized spacial score (nSPS) is 17.4. The summed E-state index contributed by atoms with van der Waals surface area (Å²) < 4.78 is 27.8. The van der Waals surface area contributed by atoms with E-state index in [9.17, 15) is 8.42 Å². The van der Waals surface area contributed by atoms with Crippen LogP contribution in [0, 0.1) is 0 Å². The average Bonchev–Trinajstić information content (AvgIpc) is 2.35. The van der Waals surface area contributed by atoms with Crippen LogP contribution in [-0.2, 0) is 10.0 Å². The zero-order chi connectivity index (χ0) is 14.0. The maximum Gasteiger partial charge on any atom is 0.235 e. The number of piperidine rings is 1. The molecule has 1 saturated heterocycles. The molecule has 1 fully saturated rings. The van der Waals surface area contributed by atoms with Crippen LogP contribution in [0.2, 0.25) is 10.0 Å². The van der Waals surface area contributed by atoms with Gasteiger partial charge in [-0.1, -0.05) is 39.1 Å². The zero-order valence-corrected chi connectivity index (χ0v) is 13.8. The zero-order valence-electron chi connectivity index (χ0n) is 9.92. The van der Waals surface area contributed by atoms with E-state index in [-0.39, 0.29) is 15.7 Å². The monoisotopic (exact) mass is 386 g/mol. The van der Waals surface area contributed by atoms with E-state index in [1.165, 1.54) is 0 Å². The molecule has 0 bridgehead atoms. The first-order valence-electron chi connectivity index (χ1n) is 5.77. The van der Waals surface area contributed by atoms with Gasteiger partial charge in [0, 0.05) is 4.47 Å². The van der Waals surface area contributed by atoms with Crippen LogP contribution < -0.4 is 10.0 Å². The molecule has 0 spiro atoms. The largest absolute Gasteiger partial charge is 0.317 e. The van der Waals surface area contributed by atoms with E-state index in [4.69, 9.17) is 23.2 Å². The van der Waals surface area contributed by atoms with Crippen LogP contribution in [0.1, 0.15) is 12.8 Å². The first kappa shape index (κ1) is 15.4. The van der Waals surface area contributed by atoms with E-state index < -0.39 is 15.3 Å². The van der Waals surface area contributed by atoms with Gasteiger partial charge in [0.05, 0.1) is 21.0 Å². The highest BCUT2D eigenvalue weighted by Gasteiger charge is 2.28. The second-order valence-electron chi connectivity index (χ2n) is 4.34. The van der Waals surface area contributed by atoms with Crippen molar-refractivity contribution < 1.29 is 8.42 Å². The molecule has 1 aromatic carbocycles. The van der Waals surface area contributed by atoms with Crippen LogP contribution in [0.25, 0.3) is 0 Å². The van der Waals surface area contributed by atoms with E-state index in [1.807, 2.05) is 0 Å². The Kier molecular flexibility index (Phi) is 5.00. The summed E-state index contributed by atoms with van der Waals surface area (Å²) in [5.41, 5.74) is 0.241. The van der Waals surface area contributed by atoms with Crippen LogP contribution in [0.3, 0.4) is 0 Å². The summed E-state index contributed by atoms with van der Waals surface area (Å²) in [5.74, 6) is 0. The minimum absolute atomic E-state index is 0.241. The van der Waals surface area contributed by atoms with E-state index in [0.717, 1.165) is 0 Å². The molecule has 0 saturated carbocycles. The molecule has 0 unspecified atom stereocenters. The fraction of sp³-hybridized carbons (Fsp3) is 0.455. The van der Waals surface area contributed by atoms with E-state index in [2.05, 4.69) is 26.0 Å². The number of sulfonamides is 1. The van der Waals surface area contributed by atoms with Crippen molar-refractivity contribution in [3.8, 4) is 0 Å². The van der Waals surface area contributed by atoms with Crippen LogP contribution in [0.4, 0.5) is 5.69 Å². The third-order valence-electron chi connectivity index (χ3n) is 2.98. The summed E-state index contributed by atoms with van der Waals surface area (Å²) in [6.45, 7) is 1.40. The Morgan fingerprint density at radius 2 is 1.74 bits per heavy atom. The van der Waals surface area contributed by atoms with E-state index in [0.29, 0.717) is 30.4 Å². The fourth-order valence-electron chi connectivity index (χ4n) is 1.97. The summed E-state index contributed by atoms with van der Waals surface area (Å²) in [5, 5.41) is 3.27. The van der Waals surface area contributed by atoms with Crippen LogP contribution in [-0.4, -0.2) is 26.8 Å². The van der Waals surface area contributed by atoms with Gasteiger partial charge in [0.1, 0.15) is 0 Å². The first-order chi connectivity index (χ1) is 8.90. The standard InChI is InChI=1S/C11H13BrCl2N2O2S/c12-7-5-9(13)11(10(14)6-7)16-19(17,18)8-1-3-15-4-2-8/h5-6,8,15-16H,1-4H2. The van der Waals surface area contributed by atoms with Gasteiger partial charge in [-0.25, -0.2) is 8.42 Å². The molecule has 1 aliphatic heterocycles. The molecule has 1 aliphatic rings. The predicted octanol–water partition coefficient (Wildman–Crippen LogP) is 3.25. The van der Waals surface area contributed by atoms with Gasteiger partial charge in [0.25, 0.3) is 0 Å². The molecule has 0 aromatic heterocycles. The highest BCUT2D eigenvalue weighted by atomic mass is 79.9. The molecule has 2 rings (SSSR count). The maximum absolute atomic E-state index is 12.3. The Bertz CT molecular complexity index is 551. The Morgan fingerprint density at radius 3 is 2.26 bits per heavy atom. The molecule has 0 radical (unpaired) electrons. The van der Waals surface area contributed by atoms with Gasteiger partial charge in [-0.3, -0.25) is 4.72 Å². The van der Waals surface area contributed by atoms with Crippen molar-refractivity contribution in [3.05, 3.63) is 26.7 Å². The number of nitrogens with one attached hydrogen (secondary N) is 2. The second kappa shape index (κ2) is 6.18. The lowest BCUT2D eigenvalue weighted by molar-refractivity contribution is 0.499. The molecular weight excluding hydrogens is 375 g/mol. The van der Waals surface area contributed by atoms with Crippen molar-refractivity contribution >= 4 is 54.8 Å². The van der Waals surface area contributed by atoms with Crippen molar-refractivity contribution in [1.29, 1.82) is 0 Å². The van der Waals surface area contributed by atoms with Crippen molar-refractivity contribution in [2.75, 3.05) is 17.8 Å². The minimum atomic E-state index is -3.47. The first-order valence-corrected chi connectivity index (χ1v) is 8.86. The van der Waals surface area contributed by atoms with Gasteiger partial charge >= 0.3 is 0 Å². The number of rotatable bonds is 3. The topological polar surface area (TPSA) is 58.2 Å². The molecular formula is C11H13BrCl2N2O2S. The summed E-state index contributed by atoms with van der Waals surface area (Å²) in [6, 6.07) is 3.21. The summed E-state index contributed by atoms with van der Waals surface area (Å²) >= 11 is 15.3. The number of hydrogen-bond donors (Lipinski definition) is 2. The van der Waals surface area contributed by atoms with Gasteiger partial charge in [-0.15, -0.1) is 0 Å². The molecule has 1 heterocycles. The van der Waals surface area contributed by atoms with Crippen molar-refractivity contribution in [2.45, 2.75) is 18.1 Å². The van der Waals surface area contributed by atoms with Gasteiger partial charge in [-0.05, 0) is 38.1 Å². The lowest BCUT2D eigenvalue weighted by Crippen LogP contribution is -2.38. The average molecular weight is 388 g/mol. The summed E-state index contributed by atoms with van der Waals surface area (Å²) in [4.78, 5) is 0. The van der Waals surface area contributed by atoms with Crippen molar-refractivity contribution in [3.63, 3.8) is 0 Å². The summed E-state index contributed by atoms with van der Waals surface area (Å²) in [7, 11) is -3.47. The Hall–Kier alpha value is -0.0100. The molecule has 1 aromatic rings. The predicted molar refractivity (Wildman–Crippen MR) is 82.6 cm³/mol. The molecule has 4 nitrogen and oxygen atoms in total. The highest BCUT2D eigenvalue weighted by molar-refractivity contribution is 9.10. The molecule has 0 aliphatic carbocycles. The third-order valence-corrected chi connectivity index (χ3v) is 5.87. The summed E-state index contributed by atoms with van der Waals surface area (Å²) in [6.07, 6.45) is 1.17. The van der Waals surface area contributed by atoms with Crippen molar-refractivity contribution in [2.24, 2.45) is 0 Å². The second-order valence-corrected chi connectivity index (χ2v) is 8.03. The molecule has 106 valence electrons. The SMILES string of the molecule is O=S(=O)(Nc1c(Cl)cc(Br)cc1Cl)C1CCNCC1. The number of benzene rings is 1. The van der Waals surface area contributed by atoms with E-state index in [1.54, 1.807) is 12.1 Å². The molecule has 0 amide bonds. The third kappa shape index (κ3) is 3.76. The maximum atomic E-state index is 12.3. The van der Waals surface area contributed by atoms with Crippen LogP contribution >= 0.6 is 39.1 Å². The Morgan fingerprint density at radius 1 is 1.21 bits per heavy atom. The van der Waals surface area contributed by atoms with E-state index >= 15 is 0 Å². The van der Waals surface area contributed by atoms with Gasteiger partial charge in [0.2, 0.25) is 10.0 Å².